The average Bonchev–Trinajstić information content (AvgIpc) is 2.35. The highest BCUT2D eigenvalue weighted by atomic mass is 33.1. The minimum Gasteiger partial charge on any atom is -0.396 e. The zero-order valence-electron chi connectivity index (χ0n) is 11.2. The minimum absolute atomic E-state index is 0.357. The molecule has 0 aliphatic carbocycles. The Kier molecular flexibility index (Phi) is 17.2. The first-order chi connectivity index (χ1) is 8.41. The van der Waals surface area contributed by atoms with Gasteiger partial charge < -0.3 is 10.4 Å². The van der Waals surface area contributed by atoms with Gasteiger partial charge in [-0.25, -0.2) is 0 Å². The van der Waals surface area contributed by atoms with Crippen LogP contribution in [0.25, 0.3) is 0 Å². The summed E-state index contributed by atoms with van der Waals surface area (Å²) < 4.78 is 0. The number of unbranched alkanes of at least 4 members (excludes halogenated alkanes) is 6. The molecule has 0 aliphatic rings. The summed E-state index contributed by atoms with van der Waals surface area (Å²) in [5.41, 5.74) is 0. The first-order valence-corrected chi connectivity index (χ1v) is 9.40. The van der Waals surface area contributed by atoms with E-state index in [-0.39, 0.29) is 0 Å². The highest BCUT2D eigenvalue weighted by molar-refractivity contribution is 8.76. The van der Waals surface area contributed by atoms with E-state index in [9.17, 15) is 0 Å². The van der Waals surface area contributed by atoms with Crippen molar-refractivity contribution in [3.63, 3.8) is 0 Å². The van der Waals surface area contributed by atoms with E-state index in [1.165, 1.54) is 56.5 Å². The van der Waals surface area contributed by atoms with Gasteiger partial charge in [-0.05, 0) is 39.3 Å². The van der Waals surface area contributed by atoms with E-state index in [1.807, 2.05) is 28.6 Å². The zero-order valence-corrected chi connectivity index (χ0v) is 12.9. The lowest BCUT2D eigenvalue weighted by molar-refractivity contribution is 0.283. The van der Waals surface area contributed by atoms with Gasteiger partial charge in [0.15, 0.2) is 0 Å². The van der Waals surface area contributed by atoms with Crippen LogP contribution in [0.1, 0.15) is 51.4 Å². The van der Waals surface area contributed by atoms with Crippen molar-refractivity contribution in [2.24, 2.45) is 0 Å². The third-order valence-electron chi connectivity index (χ3n) is 2.62. The van der Waals surface area contributed by atoms with E-state index >= 15 is 0 Å². The number of aliphatic hydroxyl groups is 1. The van der Waals surface area contributed by atoms with Crippen LogP contribution in [0.2, 0.25) is 0 Å². The average molecular weight is 280 g/mol. The minimum atomic E-state index is 0.357. The van der Waals surface area contributed by atoms with Gasteiger partial charge >= 0.3 is 0 Å². The molecule has 0 bridgehead atoms. The molecule has 0 unspecified atom stereocenters. The van der Waals surface area contributed by atoms with Crippen molar-refractivity contribution in [2.45, 2.75) is 51.4 Å². The lowest BCUT2D eigenvalue weighted by Crippen LogP contribution is -2.06. The fourth-order valence-corrected chi connectivity index (χ4v) is 3.85. The molecule has 0 aromatic heterocycles. The van der Waals surface area contributed by atoms with Crippen molar-refractivity contribution in [3.8, 4) is 0 Å². The molecular weight excluding hydrogens is 250 g/mol. The predicted molar refractivity (Wildman–Crippen MR) is 82.9 cm³/mol. The Balaban J connectivity index is 2.85. The lowest BCUT2D eigenvalue weighted by atomic mass is 10.2. The molecule has 0 atom stereocenters. The summed E-state index contributed by atoms with van der Waals surface area (Å²) in [6.07, 6.45) is 10.2. The molecule has 0 rings (SSSR count). The number of aliphatic hydroxyl groups excluding tert-OH is 1. The van der Waals surface area contributed by atoms with E-state index in [0.29, 0.717) is 6.61 Å². The van der Waals surface area contributed by atoms with Gasteiger partial charge in [0.2, 0.25) is 0 Å². The molecule has 0 fully saturated rings. The van der Waals surface area contributed by atoms with Crippen molar-refractivity contribution in [2.75, 3.05) is 31.7 Å². The topological polar surface area (TPSA) is 32.3 Å². The summed E-state index contributed by atoms with van der Waals surface area (Å²) in [5, 5.41) is 11.8. The Bertz CT molecular complexity index is 123. The second-order valence-electron chi connectivity index (χ2n) is 4.30. The molecule has 0 aromatic rings. The summed E-state index contributed by atoms with van der Waals surface area (Å²) in [5.74, 6) is 2.58. The van der Waals surface area contributed by atoms with Crippen molar-refractivity contribution in [3.05, 3.63) is 0 Å². The van der Waals surface area contributed by atoms with Gasteiger partial charge in [0.25, 0.3) is 0 Å². The molecule has 0 aromatic carbocycles. The molecule has 17 heavy (non-hydrogen) atoms. The SMILES string of the molecule is CNCCCCCCSSCCCCCCO. The maximum absolute atomic E-state index is 8.63. The van der Waals surface area contributed by atoms with Crippen LogP contribution >= 0.6 is 21.6 Å². The molecule has 0 saturated carbocycles. The van der Waals surface area contributed by atoms with Gasteiger partial charge in [0.05, 0.1) is 0 Å². The third-order valence-corrected chi connectivity index (χ3v) is 5.20. The van der Waals surface area contributed by atoms with Crippen molar-refractivity contribution < 1.29 is 5.11 Å². The summed E-state index contributed by atoms with van der Waals surface area (Å²) >= 11 is 0. The van der Waals surface area contributed by atoms with Crippen LogP contribution < -0.4 is 5.32 Å². The molecule has 4 heteroatoms. The Morgan fingerprint density at radius 2 is 1.29 bits per heavy atom. The number of hydrogen-bond acceptors (Lipinski definition) is 4. The van der Waals surface area contributed by atoms with E-state index in [2.05, 4.69) is 5.32 Å². The van der Waals surface area contributed by atoms with Gasteiger partial charge in [-0.15, -0.1) is 0 Å². The van der Waals surface area contributed by atoms with Crippen LogP contribution in [0.5, 0.6) is 0 Å². The molecule has 0 amide bonds. The van der Waals surface area contributed by atoms with Crippen LogP contribution in [0.3, 0.4) is 0 Å². The lowest BCUT2D eigenvalue weighted by Gasteiger charge is -2.02. The molecule has 0 radical (unpaired) electrons. The standard InChI is InChI=1S/C13H29NOS2/c1-14-10-6-2-4-8-12-16-17-13-9-5-3-7-11-15/h14-15H,2-13H2,1H3. The number of rotatable bonds is 14. The summed E-state index contributed by atoms with van der Waals surface area (Å²) in [6.45, 7) is 1.52. The van der Waals surface area contributed by atoms with Crippen LogP contribution in [-0.4, -0.2) is 36.8 Å². The van der Waals surface area contributed by atoms with E-state index in [4.69, 9.17) is 5.11 Å². The second kappa shape index (κ2) is 16.6. The summed E-state index contributed by atoms with van der Waals surface area (Å²) in [7, 11) is 6.07. The molecular formula is C13H29NOS2. The molecule has 2 nitrogen and oxygen atoms in total. The van der Waals surface area contributed by atoms with Crippen molar-refractivity contribution >= 4 is 21.6 Å². The van der Waals surface area contributed by atoms with E-state index in [1.54, 1.807) is 0 Å². The highest BCUT2D eigenvalue weighted by Gasteiger charge is 1.93. The second-order valence-corrected chi connectivity index (χ2v) is 7.00. The smallest absolute Gasteiger partial charge is 0.0431 e. The predicted octanol–water partition coefficient (Wildman–Crippen LogP) is 3.70. The van der Waals surface area contributed by atoms with Crippen LogP contribution in [-0.2, 0) is 0 Å². The molecule has 0 aliphatic heterocycles. The molecule has 0 spiro atoms. The van der Waals surface area contributed by atoms with E-state index < -0.39 is 0 Å². The molecule has 104 valence electrons. The number of hydrogen-bond donors (Lipinski definition) is 2. The van der Waals surface area contributed by atoms with Crippen molar-refractivity contribution in [1.29, 1.82) is 0 Å². The highest BCUT2D eigenvalue weighted by Crippen LogP contribution is 2.24. The fraction of sp³-hybridized carbons (Fsp3) is 1.00. The maximum Gasteiger partial charge on any atom is 0.0431 e. The van der Waals surface area contributed by atoms with Crippen LogP contribution in [0, 0.1) is 0 Å². The molecule has 0 saturated heterocycles. The van der Waals surface area contributed by atoms with Gasteiger partial charge in [-0.3, -0.25) is 0 Å². The maximum atomic E-state index is 8.63. The van der Waals surface area contributed by atoms with Gasteiger partial charge in [-0.1, -0.05) is 47.3 Å². The normalized spacial score (nSPS) is 10.9. The molecule has 0 heterocycles. The number of nitrogens with one attached hydrogen (secondary N) is 1. The zero-order chi connectivity index (χ0) is 12.6. The largest absolute Gasteiger partial charge is 0.396 e. The quantitative estimate of drug-likeness (QED) is 0.375. The third kappa shape index (κ3) is 16.6. The van der Waals surface area contributed by atoms with Gasteiger partial charge in [0.1, 0.15) is 0 Å². The van der Waals surface area contributed by atoms with Crippen LogP contribution in [0.15, 0.2) is 0 Å². The Labute approximate surface area is 115 Å². The van der Waals surface area contributed by atoms with E-state index in [0.717, 1.165) is 13.0 Å². The first kappa shape index (κ1) is 17.6. The summed E-state index contributed by atoms with van der Waals surface area (Å²) in [6, 6.07) is 0. The molecule has 2 N–H and O–H groups in total. The Morgan fingerprint density at radius 3 is 1.82 bits per heavy atom. The monoisotopic (exact) mass is 279 g/mol. The van der Waals surface area contributed by atoms with Gasteiger partial charge in [-0.2, -0.15) is 0 Å². The summed E-state index contributed by atoms with van der Waals surface area (Å²) in [4.78, 5) is 0. The van der Waals surface area contributed by atoms with Crippen molar-refractivity contribution in [1.82, 2.24) is 5.32 Å². The Hall–Kier alpha value is 0.620. The van der Waals surface area contributed by atoms with Crippen LogP contribution in [0.4, 0.5) is 0 Å². The first-order valence-electron chi connectivity index (χ1n) is 6.91. The fourth-order valence-electron chi connectivity index (χ4n) is 1.56. The Morgan fingerprint density at radius 1 is 0.765 bits per heavy atom. The van der Waals surface area contributed by atoms with Gasteiger partial charge in [0, 0.05) is 18.1 Å².